The Morgan fingerprint density at radius 2 is 1.58 bits per heavy atom. The van der Waals surface area contributed by atoms with Crippen LogP contribution in [0.25, 0.3) is 0 Å². The number of carbonyl (C=O) groups is 1. The standard InChI is InChI=1S/C25H43BN2O4S/c1-26(30)24-13-11-23(12-14-24)22-27-15-17-31-19-20-32-18-16-28-25(29)10-8-6-4-2-3-5-7-9-21-33/h11-14,22,30,33H,2-10,15-21H2,1H3,(H,28,29). The highest BCUT2D eigenvalue weighted by molar-refractivity contribution is 7.80. The summed E-state index contributed by atoms with van der Waals surface area (Å²) in [7, 11) is 0. The Hall–Kier alpha value is -1.35. The molecular weight excluding hydrogens is 435 g/mol. The lowest BCUT2D eigenvalue weighted by Crippen LogP contribution is -2.27. The van der Waals surface area contributed by atoms with Crippen molar-refractivity contribution in [2.24, 2.45) is 4.99 Å². The minimum Gasteiger partial charge on any atom is -0.447 e. The third-order valence-corrected chi connectivity index (χ3v) is 5.59. The van der Waals surface area contributed by atoms with Crippen LogP contribution in [0.15, 0.2) is 29.3 Å². The van der Waals surface area contributed by atoms with E-state index in [1.165, 1.54) is 38.5 Å². The summed E-state index contributed by atoms with van der Waals surface area (Å²) < 4.78 is 11.0. The predicted molar refractivity (Wildman–Crippen MR) is 142 cm³/mol. The van der Waals surface area contributed by atoms with Gasteiger partial charge in [0.15, 0.2) is 0 Å². The molecule has 0 saturated carbocycles. The van der Waals surface area contributed by atoms with Crippen molar-refractivity contribution in [3.8, 4) is 0 Å². The molecule has 1 aromatic carbocycles. The van der Waals surface area contributed by atoms with Gasteiger partial charge in [-0.2, -0.15) is 12.6 Å². The highest BCUT2D eigenvalue weighted by Crippen LogP contribution is 2.09. The van der Waals surface area contributed by atoms with Gasteiger partial charge in [0.2, 0.25) is 5.91 Å². The maximum absolute atomic E-state index is 11.8. The second-order valence-corrected chi connectivity index (χ2v) is 8.70. The molecule has 0 spiro atoms. The van der Waals surface area contributed by atoms with E-state index in [4.69, 9.17) is 9.47 Å². The number of thiol groups is 1. The van der Waals surface area contributed by atoms with E-state index in [1.807, 2.05) is 24.3 Å². The molecule has 0 aliphatic carbocycles. The molecule has 6 nitrogen and oxygen atoms in total. The topological polar surface area (TPSA) is 80.2 Å². The first-order valence-electron chi connectivity index (χ1n) is 12.4. The van der Waals surface area contributed by atoms with E-state index in [2.05, 4.69) is 22.9 Å². The van der Waals surface area contributed by atoms with Gasteiger partial charge in [0.25, 0.3) is 0 Å². The van der Waals surface area contributed by atoms with Gasteiger partial charge in [-0.3, -0.25) is 9.79 Å². The molecule has 0 aliphatic heterocycles. The Kier molecular flexibility index (Phi) is 19.1. The van der Waals surface area contributed by atoms with E-state index < -0.39 is 6.92 Å². The van der Waals surface area contributed by atoms with E-state index >= 15 is 0 Å². The number of ether oxygens (including phenoxy) is 2. The third-order valence-electron chi connectivity index (χ3n) is 5.28. The maximum atomic E-state index is 11.8. The lowest BCUT2D eigenvalue weighted by atomic mass is 9.64. The lowest BCUT2D eigenvalue weighted by Gasteiger charge is -2.07. The van der Waals surface area contributed by atoms with E-state index in [0.717, 1.165) is 29.6 Å². The van der Waals surface area contributed by atoms with Gasteiger partial charge in [-0.1, -0.05) is 69.6 Å². The fourth-order valence-electron chi connectivity index (χ4n) is 3.28. The summed E-state index contributed by atoms with van der Waals surface area (Å²) in [5.41, 5.74) is 1.90. The Morgan fingerprint density at radius 3 is 2.21 bits per heavy atom. The van der Waals surface area contributed by atoms with Gasteiger partial charge in [-0.05, 0) is 29.6 Å². The highest BCUT2D eigenvalue weighted by Gasteiger charge is 2.04. The number of unbranched alkanes of at least 4 members (excludes halogenated alkanes) is 7. The molecular formula is C25H43BN2O4S. The summed E-state index contributed by atoms with van der Waals surface area (Å²) in [6, 6.07) is 7.68. The van der Waals surface area contributed by atoms with Crippen molar-refractivity contribution in [3.05, 3.63) is 29.8 Å². The van der Waals surface area contributed by atoms with E-state index in [1.54, 1.807) is 13.0 Å². The zero-order valence-corrected chi connectivity index (χ0v) is 21.2. The Morgan fingerprint density at radius 1 is 0.970 bits per heavy atom. The minimum atomic E-state index is -0.453. The van der Waals surface area contributed by atoms with Crippen LogP contribution in [0.1, 0.15) is 63.4 Å². The molecule has 0 unspecified atom stereocenters. The van der Waals surface area contributed by atoms with Crippen LogP contribution in [0.2, 0.25) is 6.82 Å². The second-order valence-electron chi connectivity index (χ2n) is 8.25. The first-order valence-corrected chi connectivity index (χ1v) is 13.1. The van der Waals surface area contributed by atoms with Crippen LogP contribution in [0.4, 0.5) is 0 Å². The number of carbonyl (C=O) groups excluding carboxylic acids is 1. The van der Waals surface area contributed by atoms with Crippen molar-refractivity contribution in [1.82, 2.24) is 5.32 Å². The van der Waals surface area contributed by atoms with Crippen molar-refractivity contribution >= 4 is 37.1 Å². The van der Waals surface area contributed by atoms with Gasteiger partial charge in [-0.15, -0.1) is 0 Å². The number of benzene rings is 1. The van der Waals surface area contributed by atoms with Crippen LogP contribution in [-0.4, -0.2) is 69.3 Å². The van der Waals surface area contributed by atoms with Crippen molar-refractivity contribution in [3.63, 3.8) is 0 Å². The van der Waals surface area contributed by atoms with Crippen LogP contribution in [0, 0.1) is 0 Å². The van der Waals surface area contributed by atoms with E-state index in [-0.39, 0.29) is 5.91 Å². The molecule has 1 amide bonds. The predicted octanol–water partition coefficient (Wildman–Crippen LogP) is 3.52. The molecule has 0 heterocycles. The smallest absolute Gasteiger partial charge is 0.320 e. The Bertz CT molecular complexity index is 629. The van der Waals surface area contributed by atoms with Crippen LogP contribution in [0.3, 0.4) is 0 Å². The normalized spacial score (nSPS) is 11.2. The van der Waals surface area contributed by atoms with Crippen molar-refractivity contribution in [1.29, 1.82) is 0 Å². The van der Waals surface area contributed by atoms with E-state index in [9.17, 15) is 9.82 Å². The van der Waals surface area contributed by atoms with Crippen LogP contribution >= 0.6 is 12.6 Å². The van der Waals surface area contributed by atoms with Crippen LogP contribution in [0.5, 0.6) is 0 Å². The van der Waals surface area contributed by atoms with Crippen LogP contribution in [-0.2, 0) is 14.3 Å². The lowest BCUT2D eigenvalue weighted by molar-refractivity contribution is -0.121. The summed E-state index contributed by atoms with van der Waals surface area (Å²) in [5, 5.41) is 12.4. The number of nitrogens with zero attached hydrogens (tertiary/aromatic N) is 1. The average molecular weight is 479 g/mol. The molecule has 0 bridgehead atoms. The molecule has 0 radical (unpaired) electrons. The number of hydrogen-bond donors (Lipinski definition) is 3. The van der Waals surface area contributed by atoms with E-state index in [0.29, 0.717) is 45.9 Å². The molecule has 1 rings (SSSR count). The molecule has 2 N–H and O–H groups in total. The van der Waals surface area contributed by atoms with Gasteiger partial charge in [0.1, 0.15) is 0 Å². The van der Waals surface area contributed by atoms with Gasteiger partial charge in [-0.25, -0.2) is 0 Å². The zero-order valence-electron chi connectivity index (χ0n) is 20.3. The molecule has 8 heteroatoms. The summed E-state index contributed by atoms with van der Waals surface area (Å²) in [4.78, 5) is 16.1. The molecule has 186 valence electrons. The number of amides is 1. The van der Waals surface area contributed by atoms with Gasteiger partial charge in [0, 0.05) is 19.2 Å². The van der Waals surface area contributed by atoms with Gasteiger partial charge < -0.3 is 19.8 Å². The number of nitrogens with one attached hydrogen (secondary N) is 1. The molecule has 0 aromatic heterocycles. The summed E-state index contributed by atoms with van der Waals surface area (Å²) in [5.74, 6) is 1.11. The van der Waals surface area contributed by atoms with Gasteiger partial charge >= 0.3 is 6.92 Å². The molecule has 0 atom stereocenters. The third kappa shape index (κ3) is 17.8. The Labute approximate surface area is 206 Å². The molecule has 1 aromatic rings. The highest BCUT2D eigenvalue weighted by atomic mass is 32.1. The van der Waals surface area contributed by atoms with Crippen molar-refractivity contribution in [2.45, 2.75) is 64.6 Å². The summed E-state index contributed by atoms with van der Waals surface area (Å²) in [6.07, 6.45) is 12.1. The first kappa shape index (κ1) is 29.7. The quantitative estimate of drug-likeness (QED) is 0.109. The minimum absolute atomic E-state index is 0.113. The fraction of sp³-hybridized carbons (Fsp3) is 0.680. The monoisotopic (exact) mass is 478 g/mol. The van der Waals surface area contributed by atoms with Gasteiger partial charge in [0.05, 0.1) is 33.0 Å². The van der Waals surface area contributed by atoms with Crippen molar-refractivity contribution in [2.75, 3.05) is 45.3 Å². The SMILES string of the molecule is CB(O)c1ccc(C=NCCOCCOCCNC(=O)CCCCCCCCCCS)cc1. The Balaban J connectivity index is 1.84. The first-order chi connectivity index (χ1) is 16.1. The summed E-state index contributed by atoms with van der Waals surface area (Å²) >= 11 is 4.23. The molecule has 33 heavy (non-hydrogen) atoms. The van der Waals surface area contributed by atoms with Crippen molar-refractivity contribution < 1.29 is 19.3 Å². The molecule has 0 fully saturated rings. The maximum Gasteiger partial charge on any atom is 0.320 e. The second kappa shape index (κ2) is 21.2. The number of rotatable bonds is 21. The number of hydrogen-bond acceptors (Lipinski definition) is 6. The zero-order chi connectivity index (χ0) is 24.0. The molecule has 0 saturated heterocycles. The van der Waals surface area contributed by atoms with Crippen LogP contribution < -0.4 is 10.8 Å². The molecule has 0 aliphatic rings. The largest absolute Gasteiger partial charge is 0.447 e. The fourth-order valence-corrected chi connectivity index (χ4v) is 3.50. The summed E-state index contributed by atoms with van der Waals surface area (Å²) in [6.45, 7) is 4.49. The average Bonchev–Trinajstić information content (AvgIpc) is 2.81. The number of aliphatic imine (C=N–C) groups is 1.